The lowest BCUT2D eigenvalue weighted by molar-refractivity contribution is 0.102. The molecular formula is C21H21ClN4O2. The highest BCUT2D eigenvalue weighted by molar-refractivity contribution is 6.30. The molecule has 0 spiro atoms. The minimum absolute atomic E-state index is 0.116. The van der Waals surface area contributed by atoms with Crippen LogP contribution in [0.15, 0.2) is 54.6 Å². The van der Waals surface area contributed by atoms with E-state index in [2.05, 4.69) is 20.6 Å². The molecule has 0 fully saturated rings. The smallest absolute Gasteiger partial charge is 0.274 e. The summed E-state index contributed by atoms with van der Waals surface area (Å²) in [5.41, 5.74) is 1.74. The first-order chi connectivity index (χ1) is 13.4. The molecule has 0 saturated carbocycles. The Morgan fingerprint density at radius 2 is 1.64 bits per heavy atom. The van der Waals surface area contributed by atoms with Crippen LogP contribution < -0.4 is 15.4 Å². The second-order valence-corrected chi connectivity index (χ2v) is 6.90. The first-order valence-electron chi connectivity index (χ1n) is 8.85. The standard InChI is InChI=1S/C21H21ClN4O2/c1-13(2)28-18-10-8-16(9-11-18)25-20-12-19(23-14(3)24-20)21(27)26-17-6-4-15(22)5-7-17/h4-13H,1-3H3,(H,26,27)(H,23,24,25). The number of hydrogen-bond donors (Lipinski definition) is 2. The van der Waals surface area contributed by atoms with Crippen LogP contribution in [0.2, 0.25) is 5.02 Å². The fraction of sp³-hybridized carbons (Fsp3) is 0.190. The minimum Gasteiger partial charge on any atom is -0.491 e. The molecule has 3 aromatic rings. The predicted molar refractivity (Wildman–Crippen MR) is 112 cm³/mol. The third-order valence-corrected chi connectivity index (χ3v) is 3.92. The Morgan fingerprint density at radius 1 is 1.00 bits per heavy atom. The van der Waals surface area contributed by atoms with E-state index in [0.717, 1.165) is 11.4 Å². The molecule has 2 aromatic carbocycles. The second kappa shape index (κ2) is 8.71. The van der Waals surface area contributed by atoms with E-state index in [0.29, 0.717) is 22.4 Å². The van der Waals surface area contributed by atoms with Crippen molar-refractivity contribution in [2.45, 2.75) is 26.9 Å². The van der Waals surface area contributed by atoms with Gasteiger partial charge in [0, 0.05) is 22.5 Å². The molecule has 0 radical (unpaired) electrons. The van der Waals surface area contributed by atoms with Crippen LogP contribution in [-0.2, 0) is 0 Å². The molecular weight excluding hydrogens is 376 g/mol. The monoisotopic (exact) mass is 396 g/mol. The number of benzene rings is 2. The summed E-state index contributed by atoms with van der Waals surface area (Å²) < 4.78 is 5.64. The van der Waals surface area contributed by atoms with Gasteiger partial charge in [-0.15, -0.1) is 0 Å². The quantitative estimate of drug-likeness (QED) is 0.597. The number of anilines is 3. The molecule has 1 amide bonds. The minimum atomic E-state index is -0.323. The van der Waals surface area contributed by atoms with Gasteiger partial charge in [-0.05, 0) is 69.3 Å². The first kappa shape index (κ1) is 19.6. The molecule has 144 valence electrons. The Balaban J connectivity index is 1.73. The van der Waals surface area contributed by atoms with E-state index in [4.69, 9.17) is 16.3 Å². The van der Waals surface area contributed by atoms with Crippen molar-refractivity contribution in [1.29, 1.82) is 0 Å². The molecule has 0 atom stereocenters. The summed E-state index contributed by atoms with van der Waals surface area (Å²) in [7, 11) is 0. The van der Waals surface area contributed by atoms with Crippen LogP contribution in [0, 0.1) is 6.92 Å². The number of halogens is 1. The zero-order valence-corrected chi connectivity index (χ0v) is 16.6. The van der Waals surface area contributed by atoms with Gasteiger partial charge < -0.3 is 15.4 Å². The highest BCUT2D eigenvalue weighted by Crippen LogP contribution is 2.21. The van der Waals surface area contributed by atoms with E-state index in [9.17, 15) is 4.79 Å². The van der Waals surface area contributed by atoms with Crippen molar-refractivity contribution >= 4 is 34.7 Å². The predicted octanol–water partition coefficient (Wildman–Crippen LogP) is 5.22. The van der Waals surface area contributed by atoms with Crippen molar-refractivity contribution in [2.24, 2.45) is 0 Å². The molecule has 0 aliphatic heterocycles. The molecule has 0 aliphatic carbocycles. The Labute approximate surface area is 168 Å². The number of amides is 1. The van der Waals surface area contributed by atoms with E-state index >= 15 is 0 Å². The Bertz CT molecular complexity index is 957. The highest BCUT2D eigenvalue weighted by Gasteiger charge is 2.11. The van der Waals surface area contributed by atoms with Crippen LogP contribution in [0.5, 0.6) is 5.75 Å². The van der Waals surface area contributed by atoms with Gasteiger partial charge in [-0.2, -0.15) is 0 Å². The van der Waals surface area contributed by atoms with Crippen LogP contribution in [0.1, 0.15) is 30.2 Å². The van der Waals surface area contributed by atoms with E-state index in [1.807, 2.05) is 38.1 Å². The van der Waals surface area contributed by atoms with Crippen molar-refractivity contribution in [1.82, 2.24) is 9.97 Å². The third kappa shape index (κ3) is 5.44. The number of ether oxygens (including phenoxy) is 1. The summed E-state index contributed by atoms with van der Waals surface area (Å²) in [6, 6.07) is 16.0. The SMILES string of the molecule is Cc1nc(Nc2ccc(OC(C)C)cc2)cc(C(=O)Nc2ccc(Cl)cc2)n1. The zero-order chi connectivity index (χ0) is 20.1. The van der Waals surface area contributed by atoms with Gasteiger partial charge in [0.25, 0.3) is 5.91 Å². The maximum Gasteiger partial charge on any atom is 0.274 e. The van der Waals surface area contributed by atoms with Gasteiger partial charge in [0.1, 0.15) is 23.1 Å². The summed E-state index contributed by atoms with van der Waals surface area (Å²) in [6.07, 6.45) is 0.116. The van der Waals surface area contributed by atoms with Crippen molar-refractivity contribution in [3.63, 3.8) is 0 Å². The van der Waals surface area contributed by atoms with Gasteiger partial charge in [-0.3, -0.25) is 4.79 Å². The normalized spacial score (nSPS) is 10.6. The van der Waals surface area contributed by atoms with E-state index in [1.54, 1.807) is 37.3 Å². The lowest BCUT2D eigenvalue weighted by Gasteiger charge is -2.12. The van der Waals surface area contributed by atoms with Crippen molar-refractivity contribution in [3.05, 3.63) is 71.1 Å². The molecule has 0 aliphatic rings. The first-order valence-corrected chi connectivity index (χ1v) is 9.23. The van der Waals surface area contributed by atoms with E-state index in [1.165, 1.54) is 0 Å². The molecule has 7 heteroatoms. The topological polar surface area (TPSA) is 76.1 Å². The number of aryl methyl sites for hydroxylation is 1. The summed E-state index contributed by atoms with van der Waals surface area (Å²) in [5.74, 6) is 1.50. The molecule has 1 aromatic heterocycles. The zero-order valence-electron chi connectivity index (χ0n) is 15.9. The van der Waals surface area contributed by atoms with Gasteiger partial charge in [0.15, 0.2) is 0 Å². The largest absolute Gasteiger partial charge is 0.491 e. The number of aromatic nitrogens is 2. The lowest BCUT2D eigenvalue weighted by Crippen LogP contribution is -2.15. The molecule has 0 saturated heterocycles. The summed E-state index contributed by atoms with van der Waals surface area (Å²) in [5, 5.41) is 6.59. The molecule has 0 bridgehead atoms. The van der Waals surface area contributed by atoms with Crippen LogP contribution in [0.25, 0.3) is 0 Å². The molecule has 6 nitrogen and oxygen atoms in total. The highest BCUT2D eigenvalue weighted by atomic mass is 35.5. The maximum atomic E-state index is 12.5. The van der Waals surface area contributed by atoms with Gasteiger partial charge >= 0.3 is 0 Å². The number of carbonyl (C=O) groups is 1. The number of nitrogens with zero attached hydrogens (tertiary/aromatic N) is 2. The summed E-state index contributed by atoms with van der Waals surface area (Å²) >= 11 is 5.87. The van der Waals surface area contributed by atoms with Crippen LogP contribution in [-0.4, -0.2) is 22.0 Å². The van der Waals surface area contributed by atoms with Crippen LogP contribution >= 0.6 is 11.6 Å². The molecule has 2 N–H and O–H groups in total. The van der Waals surface area contributed by atoms with Gasteiger partial charge in [-0.25, -0.2) is 9.97 Å². The van der Waals surface area contributed by atoms with Gasteiger partial charge in [0.05, 0.1) is 6.10 Å². The maximum absolute atomic E-state index is 12.5. The molecule has 0 unspecified atom stereocenters. The van der Waals surface area contributed by atoms with Gasteiger partial charge in [0.2, 0.25) is 0 Å². The number of carbonyl (C=O) groups excluding carboxylic acids is 1. The number of rotatable bonds is 6. The van der Waals surface area contributed by atoms with Crippen molar-refractivity contribution in [2.75, 3.05) is 10.6 Å². The Morgan fingerprint density at radius 3 is 2.29 bits per heavy atom. The molecule has 28 heavy (non-hydrogen) atoms. The fourth-order valence-corrected chi connectivity index (χ4v) is 2.64. The summed E-state index contributed by atoms with van der Waals surface area (Å²) in [6.45, 7) is 5.70. The molecule has 3 rings (SSSR count). The molecule has 1 heterocycles. The van der Waals surface area contributed by atoms with Crippen LogP contribution in [0.3, 0.4) is 0 Å². The Hall–Kier alpha value is -3.12. The average molecular weight is 397 g/mol. The number of hydrogen-bond acceptors (Lipinski definition) is 5. The fourth-order valence-electron chi connectivity index (χ4n) is 2.51. The lowest BCUT2D eigenvalue weighted by atomic mass is 10.2. The van der Waals surface area contributed by atoms with Crippen molar-refractivity contribution in [3.8, 4) is 5.75 Å². The number of nitrogens with one attached hydrogen (secondary N) is 2. The van der Waals surface area contributed by atoms with E-state index < -0.39 is 0 Å². The Kier molecular flexibility index (Phi) is 6.11. The summed E-state index contributed by atoms with van der Waals surface area (Å²) in [4.78, 5) is 21.1. The average Bonchev–Trinajstić information content (AvgIpc) is 2.64. The van der Waals surface area contributed by atoms with Gasteiger partial charge in [-0.1, -0.05) is 11.6 Å². The van der Waals surface area contributed by atoms with E-state index in [-0.39, 0.29) is 17.7 Å². The van der Waals surface area contributed by atoms with Crippen LogP contribution in [0.4, 0.5) is 17.2 Å². The van der Waals surface area contributed by atoms with Crippen molar-refractivity contribution < 1.29 is 9.53 Å². The second-order valence-electron chi connectivity index (χ2n) is 6.46. The third-order valence-electron chi connectivity index (χ3n) is 3.67.